The Morgan fingerprint density at radius 1 is 1.46 bits per heavy atom. The normalized spacial score (nSPS) is 15.5. The first-order valence-electron chi connectivity index (χ1n) is 4.75. The molecule has 2 rings (SSSR count). The number of nitrogens with one attached hydrogen (secondary N) is 1. The second kappa shape index (κ2) is 2.94. The van der Waals surface area contributed by atoms with E-state index in [4.69, 9.17) is 0 Å². The molecule has 13 heavy (non-hydrogen) atoms. The van der Waals surface area contributed by atoms with Crippen LogP contribution in [0, 0.1) is 0 Å². The van der Waals surface area contributed by atoms with Gasteiger partial charge in [0.25, 0.3) is 0 Å². The first-order chi connectivity index (χ1) is 6.24. The zero-order valence-electron chi connectivity index (χ0n) is 8.46. The lowest BCUT2D eigenvalue weighted by Crippen LogP contribution is -2.31. The van der Waals surface area contributed by atoms with E-state index in [0.29, 0.717) is 0 Å². The van der Waals surface area contributed by atoms with Crippen LogP contribution in [0.1, 0.15) is 12.6 Å². The van der Waals surface area contributed by atoms with Crippen LogP contribution in [0.15, 0.2) is 0 Å². The Hall–Kier alpha value is -1.19. The van der Waals surface area contributed by atoms with Crippen molar-refractivity contribution in [3.63, 3.8) is 0 Å². The number of aromatic nitrogens is 2. The summed E-state index contributed by atoms with van der Waals surface area (Å²) in [6.45, 7) is 4.21. The Morgan fingerprint density at radius 3 is 2.92 bits per heavy atom. The van der Waals surface area contributed by atoms with Gasteiger partial charge in [0.15, 0.2) is 0 Å². The Balaban J connectivity index is 2.51. The average molecular weight is 180 g/mol. The molecule has 1 aromatic heterocycles. The standard InChI is InChI=1S/C9H16N4/c1-4-7-8-9(13(3)11-7)12(2)6-5-10-8/h10H,4-6H2,1-3H3. The predicted octanol–water partition coefficient (Wildman–Crippen LogP) is 0.844. The third-order valence-corrected chi connectivity index (χ3v) is 2.53. The highest BCUT2D eigenvalue weighted by molar-refractivity contribution is 5.71. The fraction of sp³-hybridized carbons (Fsp3) is 0.667. The molecule has 2 heterocycles. The zero-order chi connectivity index (χ0) is 9.42. The molecular weight excluding hydrogens is 164 g/mol. The Morgan fingerprint density at radius 2 is 2.23 bits per heavy atom. The van der Waals surface area contributed by atoms with E-state index < -0.39 is 0 Å². The number of fused-ring (bicyclic) bond motifs is 1. The lowest BCUT2D eigenvalue weighted by molar-refractivity contribution is 0.720. The van der Waals surface area contributed by atoms with Crippen LogP contribution in [0.5, 0.6) is 0 Å². The summed E-state index contributed by atoms with van der Waals surface area (Å²) in [7, 11) is 4.11. The molecule has 0 amide bonds. The first-order valence-corrected chi connectivity index (χ1v) is 4.75. The molecule has 0 unspecified atom stereocenters. The van der Waals surface area contributed by atoms with Crippen molar-refractivity contribution in [2.24, 2.45) is 7.05 Å². The van der Waals surface area contributed by atoms with Crippen molar-refractivity contribution in [3.8, 4) is 0 Å². The Bertz CT molecular complexity index is 316. The summed E-state index contributed by atoms with van der Waals surface area (Å²) in [5.74, 6) is 1.21. The summed E-state index contributed by atoms with van der Waals surface area (Å²) >= 11 is 0. The number of hydrogen-bond donors (Lipinski definition) is 1. The highest BCUT2D eigenvalue weighted by Gasteiger charge is 2.21. The molecule has 0 saturated heterocycles. The lowest BCUT2D eigenvalue weighted by Gasteiger charge is -2.26. The lowest BCUT2D eigenvalue weighted by atomic mass is 10.2. The van der Waals surface area contributed by atoms with Gasteiger partial charge in [-0.25, -0.2) is 0 Å². The van der Waals surface area contributed by atoms with Crippen LogP contribution in [-0.4, -0.2) is 29.9 Å². The van der Waals surface area contributed by atoms with Gasteiger partial charge in [0.1, 0.15) is 11.5 Å². The van der Waals surface area contributed by atoms with Gasteiger partial charge in [-0.15, -0.1) is 0 Å². The number of rotatable bonds is 1. The molecule has 4 heteroatoms. The monoisotopic (exact) mass is 180 g/mol. The molecule has 0 spiro atoms. The summed E-state index contributed by atoms with van der Waals surface area (Å²) in [5, 5.41) is 7.88. The van der Waals surface area contributed by atoms with Crippen LogP contribution in [0.3, 0.4) is 0 Å². The minimum Gasteiger partial charge on any atom is -0.379 e. The average Bonchev–Trinajstić information content (AvgIpc) is 2.44. The van der Waals surface area contributed by atoms with Crippen LogP contribution in [0.25, 0.3) is 0 Å². The number of aryl methyl sites for hydroxylation is 2. The van der Waals surface area contributed by atoms with Gasteiger partial charge < -0.3 is 10.2 Å². The van der Waals surface area contributed by atoms with Crippen molar-refractivity contribution in [1.82, 2.24) is 9.78 Å². The number of nitrogens with zero attached hydrogens (tertiary/aromatic N) is 3. The minimum atomic E-state index is 0.990. The van der Waals surface area contributed by atoms with Crippen LogP contribution < -0.4 is 10.2 Å². The molecule has 4 nitrogen and oxygen atoms in total. The maximum atomic E-state index is 4.47. The van der Waals surface area contributed by atoms with Crippen molar-refractivity contribution in [3.05, 3.63) is 5.69 Å². The molecule has 0 radical (unpaired) electrons. The van der Waals surface area contributed by atoms with Gasteiger partial charge in [-0.3, -0.25) is 4.68 Å². The van der Waals surface area contributed by atoms with E-state index in [1.807, 2.05) is 11.7 Å². The van der Waals surface area contributed by atoms with Crippen LogP contribution in [0.4, 0.5) is 11.5 Å². The van der Waals surface area contributed by atoms with E-state index in [1.165, 1.54) is 17.2 Å². The summed E-state index contributed by atoms with van der Waals surface area (Å²) in [5.41, 5.74) is 2.39. The zero-order valence-corrected chi connectivity index (χ0v) is 8.46. The van der Waals surface area contributed by atoms with E-state index in [0.717, 1.165) is 19.5 Å². The van der Waals surface area contributed by atoms with E-state index in [-0.39, 0.29) is 0 Å². The summed E-state index contributed by atoms with van der Waals surface area (Å²) in [6.07, 6.45) is 0.990. The van der Waals surface area contributed by atoms with Gasteiger partial charge >= 0.3 is 0 Å². The number of likely N-dealkylation sites (N-methyl/N-ethyl adjacent to an activating group) is 1. The molecule has 72 valence electrons. The van der Waals surface area contributed by atoms with Crippen molar-refractivity contribution in [2.45, 2.75) is 13.3 Å². The summed E-state index contributed by atoms with van der Waals surface area (Å²) < 4.78 is 1.96. The summed E-state index contributed by atoms with van der Waals surface area (Å²) in [4.78, 5) is 2.25. The van der Waals surface area contributed by atoms with E-state index in [1.54, 1.807) is 0 Å². The maximum absolute atomic E-state index is 4.47. The van der Waals surface area contributed by atoms with Crippen LogP contribution >= 0.6 is 0 Å². The molecule has 1 N–H and O–H groups in total. The second-order valence-corrected chi connectivity index (χ2v) is 3.47. The Kier molecular flexibility index (Phi) is 1.90. The SMILES string of the molecule is CCc1nn(C)c2c1NCCN2C. The first kappa shape index (κ1) is 8.41. The highest BCUT2D eigenvalue weighted by Crippen LogP contribution is 2.30. The van der Waals surface area contributed by atoms with Crippen molar-refractivity contribution in [1.29, 1.82) is 0 Å². The fourth-order valence-corrected chi connectivity index (χ4v) is 1.89. The molecule has 0 aromatic carbocycles. The van der Waals surface area contributed by atoms with Crippen molar-refractivity contribution < 1.29 is 0 Å². The predicted molar refractivity (Wildman–Crippen MR) is 54.3 cm³/mol. The third-order valence-electron chi connectivity index (χ3n) is 2.53. The van der Waals surface area contributed by atoms with Crippen LogP contribution in [-0.2, 0) is 13.5 Å². The third kappa shape index (κ3) is 1.17. The molecule has 0 bridgehead atoms. The molecule has 1 aliphatic heterocycles. The number of hydrogen-bond acceptors (Lipinski definition) is 3. The van der Waals surface area contributed by atoms with E-state index >= 15 is 0 Å². The van der Waals surface area contributed by atoms with Gasteiger partial charge in [0.05, 0.1) is 5.69 Å². The largest absolute Gasteiger partial charge is 0.379 e. The maximum Gasteiger partial charge on any atom is 0.150 e. The van der Waals surface area contributed by atoms with Crippen molar-refractivity contribution >= 4 is 11.5 Å². The second-order valence-electron chi connectivity index (χ2n) is 3.47. The van der Waals surface area contributed by atoms with Gasteiger partial charge in [0, 0.05) is 27.2 Å². The number of anilines is 2. The van der Waals surface area contributed by atoms with Gasteiger partial charge in [-0.1, -0.05) is 6.92 Å². The molecule has 0 fully saturated rings. The van der Waals surface area contributed by atoms with E-state index in [2.05, 4.69) is 29.3 Å². The smallest absolute Gasteiger partial charge is 0.150 e. The highest BCUT2D eigenvalue weighted by atomic mass is 15.4. The molecule has 1 aromatic rings. The van der Waals surface area contributed by atoms with Crippen LogP contribution in [0.2, 0.25) is 0 Å². The van der Waals surface area contributed by atoms with Crippen molar-refractivity contribution in [2.75, 3.05) is 30.4 Å². The molecule has 0 atom stereocenters. The molecular formula is C9H16N4. The molecule has 0 aliphatic carbocycles. The Labute approximate surface area is 78.5 Å². The molecule has 0 saturated carbocycles. The topological polar surface area (TPSA) is 33.1 Å². The summed E-state index contributed by atoms with van der Waals surface area (Å²) in [6, 6.07) is 0. The van der Waals surface area contributed by atoms with Gasteiger partial charge in [0.2, 0.25) is 0 Å². The van der Waals surface area contributed by atoms with Gasteiger partial charge in [-0.05, 0) is 6.42 Å². The minimum absolute atomic E-state index is 0.990. The quantitative estimate of drug-likeness (QED) is 0.695. The fourth-order valence-electron chi connectivity index (χ4n) is 1.89. The molecule has 1 aliphatic rings. The van der Waals surface area contributed by atoms with E-state index in [9.17, 15) is 0 Å². The van der Waals surface area contributed by atoms with Gasteiger partial charge in [-0.2, -0.15) is 5.10 Å².